The summed E-state index contributed by atoms with van der Waals surface area (Å²) in [5.41, 5.74) is 0.960. The minimum absolute atomic E-state index is 0.225. The van der Waals surface area contributed by atoms with Crippen molar-refractivity contribution in [1.29, 1.82) is 0 Å². The van der Waals surface area contributed by atoms with Gasteiger partial charge in [0.25, 0.3) is 5.56 Å². The summed E-state index contributed by atoms with van der Waals surface area (Å²) in [6, 6.07) is 5.50. The van der Waals surface area contributed by atoms with Crippen LogP contribution in [0.15, 0.2) is 29.1 Å². The maximum Gasteiger partial charge on any atom is 0.573 e. The number of aromatic amines is 1. The number of hydrogen-bond donors (Lipinski definition) is 2. The molecule has 7 nitrogen and oxygen atoms in total. The number of halogens is 3. The van der Waals surface area contributed by atoms with Gasteiger partial charge in [-0.1, -0.05) is 12.1 Å². The molecule has 1 aromatic carbocycles. The van der Waals surface area contributed by atoms with E-state index >= 15 is 0 Å². The fourth-order valence-corrected chi connectivity index (χ4v) is 2.62. The van der Waals surface area contributed by atoms with E-state index in [9.17, 15) is 23.1 Å². The number of nitrogens with zero attached hydrogens (tertiary/aromatic N) is 3. The minimum Gasteiger partial charge on any atom is -0.406 e. The predicted molar refractivity (Wildman–Crippen MR) is 85.6 cm³/mol. The fraction of sp³-hybridized carbons (Fsp3) is 0.312. The van der Waals surface area contributed by atoms with Crippen LogP contribution in [-0.4, -0.2) is 31.2 Å². The van der Waals surface area contributed by atoms with Gasteiger partial charge in [0.05, 0.1) is 6.61 Å². The number of aromatic nitrogens is 4. The van der Waals surface area contributed by atoms with Crippen LogP contribution in [0, 0.1) is 6.92 Å². The van der Waals surface area contributed by atoms with Crippen molar-refractivity contribution >= 4 is 11.0 Å². The van der Waals surface area contributed by atoms with Gasteiger partial charge in [-0.3, -0.25) is 4.79 Å². The molecule has 138 valence electrons. The van der Waals surface area contributed by atoms with Crippen LogP contribution >= 0.6 is 0 Å². The molecule has 0 unspecified atom stereocenters. The van der Waals surface area contributed by atoms with Crippen LogP contribution in [0.4, 0.5) is 13.2 Å². The van der Waals surface area contributed by atoms with Crippen LogP contribution in [-0.2, 0) is 19.6 Å². The van der Waals surface area contributed by atoms with E-state index < -0.39 is 13.0 Å². The third-order valence-corrected chi connectivity index (χ3v) is 3.71. The fourth-order valence-electron chi connectivity index (χ4n) is 2.62. The Hall–Kier alpha value is -2.88. The van der Waals surface area contributed by atoms with Gasteiger partial charge in [0.2, 0.25) is 0 Å². The molecular weight excluding hydrogens is 353 g/mol. The van der Waals surface area contributed by atoms with Gasteiger partial charge in [-0.05, 0) is 31.0 Å². The molecule has 0 atom stereocenters. The number of rotatable bonds is 5. The smallest absolute Gasteiger partial charge is 0.406 e. The van der Waals surface area contributed by atoms with Gasteiger partial charge in [-0.15, -0.1) is 13.2 Å². The summed E-state index contributed by atoms with van der Waals surface area (Å²) in [6.45, 7) is 1.57. The molecule has 0 saturated heterocycles. The topological polar surface area (TPSA) is 93.0 Å². The number of fused-ring (bicyclic) bond motifs is 1. The van der Waals surface area contributed by atoms with Gasteiger partial charge in [0.15, 0.2) is 5.65 Å². The maximum atomic E-state index is 12.2. The molecule has 2 N–H and O–H groups in total. The number of aliphatic hydroxyl groups is 1. The molecule has 3 aromatic rings. The van der Waals surface area contributed by atoms with E-state index in [1.165, 1.54) is 28.9 Å². The quantitative estimate of drug-likeness (QED) is 0.719. The van der Waals surface area contributed by atoms with Crippen molar-refractivity contribution in [3.05, 3.63) is 51.7 Å². The van der Waals surface area contributed by atoms with Gasteiger partial charge >= 0.3 is 6.36 Å². The highest BCUT2D eigenvalue weighted by atomic mass is 19.4. The Kier molecular flexibility index (Phi) is 4.68. The first-order chi connectivity index (χ1) is 12.3. The molecule has 0 aliphatic carbocycles. The summed E-state index contributed by atoms with van der Waals surface area (Å²) in [5.74, 6) is 0.124. The van der Waals surface area contributed by atoms with Crippen LogP contribution in [0.25, 0.3) is 11.0 Å². The summed E-state index contributed by atoms with van der Waals surface area (Å²) in [4.78, 5) is 18.9. The average Bonchev–Trinajstić information content (AvgIpc) is 2.91. The van der Waals surface area contributed by atoms with Gasteiger partial charge in [-0.25, -0.2) is 9.67 Å². The molecule has 0 spiro atoms. The molecule has 0 saturated carbocycles. The van der Waals surface area contributed by atoms with E-state index in [0.717, 1.165) is 5.56 Å². The molecule has 0 aliphatic heterocycles. The lowest BCUT2D eigenvalue weighted by molar-refractivity contribution is -0.274. The zero-order valence-corrected chi connectivity index (χ0v) is 13.7. The van der Waals surface area contributed by atoms with Crippen molar-refractivity contribution in [1.82, 2.24) is 19.7 Å². The van der Waals surface area contributed by atoms with Gasteiger partial charge in [0, 0.05) is 6.54 Å². The molecule has 0 aliphatic rings. The second-order valence-corrected chi connectivity index (χ2v) is 5.62. The predicted octanol–water partition coefficient (Wildman–Crippen LogP) is 2.06. The molecule has 2 aromatic heterocycles. The first kappa shape index (κ1) is 17.9. The number of aryl methyl sites for hydroxylation is 3. The highest BCUT2D eigenvalue weighted by Gasteiger charge is 2.30. The molecule has 0 bridgehead atoms. The van der Waals surface area contributed by atoms with Crippen LogP contribution in [0.2, 0.25) is 0 Å². The van der Waals surface area contributed by atoms with Crippen molar-refractivity contribution in [3.8, 4) is 5.75 Å². The molecule has 3 rings (SSSR count). The number of alkyl halides is 3. The SMILES string of the molecule is Cc1nc2c(c(CO)nn2CCc2ccc(OC(F)(F)F)cc2)c(=O)[nH]1. The Morgan fingerprint density at radius 3 is 2.58 bits per heavy atom. The van der Waals surface area contributed by atoms with E-state index in [2.05, 4.69) is 19.8 Å². The lowest BCUT2D eigenvalue weighted by atomic mass is 10.1. The molecule has 0 amide bonds. The van der Waals surface area contributed by atoms with Gasteiger partial charge < -0.3 is 14.8 Å². The summed E-state index contributed by atoms with van der Waals surface area (Å²) >= 11 is 0. The molecule has 0 fully saturated rings. The molecule has 2 heterocycles. The Labute approximate surface area is 145 Å². The van der Waals surface area contributed by atoms with E-state index in [4.69, 9.17) is 0 Å². The van der Waals surface area contributed by atoms with Crippen LogP contribution < -0.4 is 10.3 Å². The largest absolute Gasteiger partial charge is 0.573 e. The van der Waals surface area contributed by atoms with E-state index in [1.807, 2.05) is 0 Å². The number of ether oxygens (including phenoxy) is 1. The molecule has 26 heavy (non-hydrogen) atoms. The Morgan fingerprint density at radius 1 is 1.27 bits per heavy atom. The first-order valence-electron chi connectivity index (χ1n) is 7.68. The summed E-state index contributed by atoms with van der Waals surface area (Å²) in [7, 11) is 0. The summed E-state index contributed by atoms with van der Waals surface area (Å²) in [5, 5.41) is 13.8. The van der Waals surface area contributed by atoms with E-state index in [1.54, 1.807) is 6.92 Å². The van der Waals surface area contributed by atoms with Crippen molar-refractivity contribution in [2.75, 3.05) is 0 Å². The molecular formula is C16H15F3N4O3. The van der Waals surface area contributed by atoms with Crippen LogP contribution in [0.5, 0.6) is 5.75 Å². The lowest BCUT2D eigenvalue weighted by Gasteiger charge is -2.09. The van der Waals surface area contributed by atoms with Crippen molar-refractivity contribution in [3.63, 3.8) is 0 Å². The van der Waals surface area contributed by atoms with Crippen molar-refractivity contribution in [2.45, 2.75) is 32.9 Å². The highest BCUT2D eigenvalue weighted by Crippen LogP contribution is 2.23. The normalized spacial score (nSPS) is 11.9. The standard InChI is InChI=1S/C16H15F3N4O3/c1-9-20-14-13(15(25)21-9)12(8-24)22-23(14)7-6-10-2-4-11(5-3-10)26-16(17,18)19/h2-5,24H,6-8H2,1H3,(H,20,21,25). The minimum atomic E-state index is -4.73. The van der Waals surface area contributed by atoms with Crippen LogP contribution in [0.3, 0.4) is 0 Å². The lowest BCUT2D eigenvalue weighted by Crippen LogP contribution is -2.17. The Bertz CT molecular complexity index is 977. The third-order valence-electron chi connectivity index (χ3n) is 3.71. The molecule has 0 radical (unpaired) electrons. The number of nitrogens with one attached hydrogen (secondary N) is 1. The number of benzene rings is 1. The zero-order valence-electron chi connectivity index (χ0n) is 13.7. The van der Waals surface area contributed by atoms with Crippen molar-refractivity contribution < 1.29 is 23.0 Å². The summed E-state index contributed by atoms with van der Waals surface area (Å²) in [6.07, 6.45) is -4.28. The number of hydrogen-bond acceptors (Lipinski definition) is 5. The Morgan fingerprint density at radius 2 is 1.96 bits per heavy atom. The van der Waals surface area contributed by atoms with E-state index in [-0.39, 0.29) is 22.4 Å². The number of aliphatic hydroxyl groups excluding tert-OH is 1. The second-order valence-electron chi connectivity index (χ2n) is 5.62. The maximum absolute atomic E-state index is 12.2. The average molecular weight is 368 g/mol. The van der Waals surface area contributed by atoms with Gasteiger partial charge in [0.1, 0.15) is 22.7 Å². The highest BCUT2D eigenvalue weighted by molar-refractivity contribution is 5.77. The van der Waals surface area contributed by atoms with Crippen LogP contribution in [0.1, 0.15) is 17.1 Å². The van der Waals surface area contributed by atoms with E-state index in [0.29, 0.717) is 24.4 Å². The molecule has 10 heteroatoms. The third kappa shape index (κ3) is 3.85. The Balaban J connectivity index is 1.81. The second kappa shape index (κ2) is 6.79. The first-order valence-corrected chi connectivity index (χ1v) is 7.68. The summed E-state index contributed by atoms with van der Waals surface area (Å²) < 4.78 is 41.8. The zero-order chi connectivity index (χ0) is 18.9. The number of H-pyrrole nitrogens is 1. The van der Waals surface area contributed by atoms with Gasteiger partial charge in [-0.2, -0.15) is 5.10 Å². The monoisotopic (exact) mass is 368 g/mol. The van der Waals surface area contributed by atoms with Crippen molar-refractivity contribution in [2.24, 2.45) is 0 Å².